The summed E-state index contributed by atoms with van der Waals surface area (Å²) in [5.74, 6) is 3.43. The van der Waals surface area contributed by atoms with Crippen LogP contribution in [0.5, 0.6) is 0 Å². The topological polar surface area (TPSA) is 0 Å². The SMILES string of the molecule is C=CC1CCC(/C=C/CC[C@H]2CC[C@H](C=C)CC2)CC1. The molecule has 2 saturated carbocycles. The van der Waals surface area contributed by atoms with E-state index < -0.39 is 0 Å². The molecule has 2 fully saturated rings. The Bertz CT molecular complexity index is 309. The van der Waals surface area contributed by atoms with Gasteiger partial charge < -0.3 is 0 Å². The molecule has 0 radical (unpaired) electrons. The average molecular weight is 272 g/mol. The predicted molar refractivity (Wildman–Crippen MR) is 89.7 cm³/mol. The Kier molecular flexibility index (Phi) is 6.63. The second kappa shape index (κ2) is 8.49. The summed E-state index contributed by atoms with van der Waals surface area (Å²) >= 11 is 0. The monoisotopic (exact) mass is 272 g/mol. The molecule has 0 amide bonds. The van der Waals surface area contributed by atoms with E-state index in [1.807, 2.05) is 0 Å². The van der Waals surface area contributed by atoms with E-state index in [0.29, 0.717) is 0 Å². The van der Waals surface area contributed by atoms with Crippen molar-refractivity contribution < 1.29 is 0 Å². The molecule has 112 valence electrons. The van der Waals surface area contributed by atoms with Gasteiger partial charge in [-0.15, -0.1) is 13.2 Å². The van der Waals surface area contributed by atoms with Crippen LogP contribution >= 0.6 is 0 Å². The third-order valence-corrected chi connectivity index (χ3v) is 5.52. The van der Waals surface area contributed by atoms with E-state index in [0.717, 1.165) is 23.7 Å². The molecule has 0 atom stereocenters. The quantitative estimate of drug-likeness (QED) is 0.497. The van der Waals surface area contributed by atoms with E-state index in [2.05, 4.69) is 37.5 Å². The molecule has 0 saturated heterocycles. The molecule has 0 aromatic heterocycles. The molecule has 0 heterocycles. The first kappa shape index (κ1) is 15.6. The highest BCUT2D eigenvalue weighted by Crippen LogP contribution is 2.33. The van der Waals surface area contributed by atoms with Gasteiger partial charge in [0, 0.05) is 0 Å². The van der Waals surface area contributed by atoms with Gasteiger partial charge in [0.2, 0.25) is 0 Å². The fraction of sp³-hybridized carbons (Fsp3) is 0.700. The van der Waals surface area contributed by atoms with Gasteiger partial charge in [-0.1, -0.05) is 24.3 Å². The highest BCUT2D eigenvalue weighted by atomic mass is 14.2. The van der Waals surface area contributed by atoms with Crippen LogP contribution in [0.3, 0.4) is 0 Å². The second-order valence-corrected chi connectivity index (χ2v) is 6.93. The highest BCUT2D eigenvalue weighted by molar-refractivity contribution is 4.94. The number of allylic oxidation sites excluding steroid dienone is 4. The first-order chi connectivity index (χ1) is 9.81. The van der Waals surface area contributed by atoms with E-state index in [9.17, 15) is 0 Å². The van der Waals surface area contributed by atoms with Crippen molar-refractivity contribution in [2.24, 2.45) is 23.7 Å². The van der Waals surface area contributed by atoms with Gasteiger partial charge in [-0.3, -0.25) is 0 Å². The lowest BCUT2D eigenvalue weighted by Crippen LogP contribution is -2.12. The van der Waals surface area contributed by atoms with E-state index in [1.165, 1.54) is 64.2 Å². The lowest BCUT2D eigenvalue weighted by Gasteiger charge is -2.26. The number of hydrogen-bond donors (Lipinski definition) is 0. The Labute approximate surface area is 126 Å². The van der Waals surface area contributed by atoms with Crippen LogP contribution in [0, 0.1) is 23.7 Å². The van der Waals surface area contributed by atoms with Gasteiger partial charge in [0.05, 0.1) is 0 Å². The molecule has 20 heavy (non-hydrogen) atoms. The Morgan fingerprint density at radius 3 is 1.75 bits per heavy atom. The Morgan fingerprint density at radius 1 is 0.700 bits per heavy atom. The molecular formula is C20H32. The third-order valence-electron chi connectivity index (χ3n) is 5.52. The Hall–Kier alpha value is -0.780. The van der Waals surface area contributed by atoms with Crippen LogP contribution in [-0.4, -0.2) is 0 Å². The lowest BCUT2D eigenvalue weighted by molar-refractivity contribution is 0.297. The van der Waals surface area contributed by atoms with Gasteiger partial charge in [-0.05, 0) is 87.9 Å². The van der Waals surface area contributed by atoms with Crippen LogP contribution in [0.15, 0.2) is 37.5 Å². The molecule has 0 unspecified atom stereocenters. The van der Waals surface area contributed by atoms with E-state index in [4.69, 9.17) is 0 Å². The van der Waals surface area contributed by atoms with E-state index in [1.54, 1.807) is 0 Å². The summed E-state index contributed by atoms with van der Waals surface area (Å²) in [5.41, 5.74) is 0. The maximum Gasteiger partial charge on any atom is -0.0233 e. The molecule has 0 bridgehead atoms. The number of hydrogen-bond acceptors (Lipinski definition) is 0. The van der Waals surface area contributed by atoms with Crippen molar-refractivity contribution in [2.75, 3.05) is 0 Å². The standard InChI is InChI=1S/C20H32/c1-3-17-9-13-19(14-10-17)7-5-6-8-20-15-11-18(4-2)12-16-20/h3-5,7,17-20H,1-2,6,8-16H2/b7-5+/t17?,18-,19?,20-. The zero-order chi connectivity index (χ0) is 14.2. The maximum atomic E-state index is 3.93. The van der Waals surface area contributed by atoms with Crippen LogP contribution in [0.2, 0.25) is 0 Å². The van der Waals surface area contributed by atoms with Gasteiger partial charge in [0.1, 0.15) is 0 Å². The minimum absolute atomic E-state index is 0.791. The summed E-state index contributed by atoms with van der Waals surface area (Å²) in [6.45, 7) is 7.85. The van der Waals surface area contributed by atoms with Crippen molar-refractivity contribution in [2.45, 2.75) is 64.2 Å². The fourth-order valence-corrected chi connectivity index (χ4v) is 3.91. The smallest absolute Gasteiger partial charge is 0.0233 e. The molecule has 0 spiro atoms. The summed E-state index contributed by atoms with van der Waals surface area (Å²) in [7, 11) is 0. The first-order valence-electron chi connectivity index (χ1n) is 8.73. The van der Waals surface area contributed by atoms with Gasteiger partial charge in [0.25, 0.3) is 0 Å². The van der Waals surface area contributed by atoms with Gasteiger partial charge in [-0.25, -0.2) is 0 Å². The van der Waals surface area contributed by atoms with Crippen molar-refractivity contribution in [3.63, 3.8) is 0 Å². The first-order valence-corrected chi connectivity index (χ1v) is 8.73. The summed E-state index contributed by atoms with van der Waals surface area (Å²) in [5, 5.41) is 0. The van der Waals surface area contributed by atoms with Crippen LogP contribution in [0.1, 0.15) is 64.2 Å². The van der Waals surface area contributed by atoms with Crippen molar-refractivity contribution in [1.29, 1.82) is 0 Å². The van der Waals surface area contributed by atoms with Crippen LogP contribution < -0.4 is 0 Å². The summed E-state index contributed by atoms with van der Waals surface area (Å²) in [6, 6.07) is 0. The Morgan fingerprint density at radius 2 is 1.20 bits per heavy atom. The van der Waals surface area contributed by atoms with Crippen LogP contribution in [0.4, 0.5) is 0 Å². The predicted octanol–water partition coefficient (Wildman–Crippen LogP) is 6.31. The molecule has 0 N–H and O–H groups in total. The molecule has 0 aliphatic heterocycles. The normalized spacial score (nSPS) is 35.0. The minimum Gasteiger partial charge on any atom is -0.103 e. The molecule has 2 aliphatic rings. The number of rotatable bonds is 6. The van der Waals surface area contributed by atoms with Crippen molar-refractivity contribution in [3.05, 3.63) is 37.5 Å². The van der Waals surface area contributed by atoms with E-state index in [-0.39, 0.29) is 0 Å². The largest absolute Gasteiger partial charge is 0.103 e. The Balaban J connectivity index is 1.58. The van der Waals surface area contributed by atoms with Crippen molar-refractivity contribution in [3.8, 4) is 0 Å². The molecule has 0 heteroatoms. The molecule has 2 rings (SSSR count). The summed E-state index contributed by atoms with van der Waals surface area (Å²) in [6.07, 6.45) is 23.1. The second-order valence-electron chi connectivity index (χ2n) is 6.93. The maximum absolute atomic E-state index is 3.93. The molecule has 2 aliphatic carbocycles. The van der Waals surface area contributed by atoms with Crippen LogP contribution in [-0.2, 0) is 0 Å². The molecular weight excluding hydrogens is 240 g/mol. The minimum atomic E-state index is 0.791. The average Bonchev–Trinajstić information content (AvgIpc) is 2.53. The summed E-state index contributed by atoms with van der Waals surface area (Å²) in [4.78, 5) is 0. The lowest BCUT2D eigenvalue weighted by atomic mass is 9.79. The fourth-order valence-electron chi connectivity index (χ4n) is 3.91. The molecule has 0 aromatic carbocycles. The van der Waals surface area contributed by atoms with Gasteiger partial charge in [-0.2, -0.15) is 0 Å². The van der Waals surface area contributed by atoms with Crippen molar-refractivity contribution >= 4 is 0 Å². The molecule has 0 nitrogen and oxygen atoms in total. The van der Waals surface area contributed by atoms with Gasteiger partial charge in [0.15, 0.2) is 0 Å². The third kappa shape index (κ3) is 4.96. The van der Waals surface area contributed by atoms with Crippen molar-refractivity contribution in [1.82, 2.24) is 0 Å². The van der Waals surface area contributed by atoms with Crippen LogP contribution in [0.25, 0.3) is 0 Å². The molecule has 0 aromatic rings. The highest BCUT2D eigenvalue weighted by Gasteiger charge is 2.19. The van der Waals surface area contributed by atoms with E-state index >= 15 is 0 Å². The summed E-state index contributed by atoms with van der Waals surface area (Å²) < 4.78 is 0. The van der Waals surface area contributed by atoms with Gasteiger partial charge >= 0.3 is 0 Å². The zero-order valence-electron chi connectivity index (χ0n) is 13.1. The zero-order valence-corrected chi connectivity index (χ0v) is 13.1.